The van der Waals surface area contributed by atoms with E-state index in [-0.39, 0.29) is 13.0 Å². The summed E-state index contributed by atoms with van der Waals surface area (Å²) in [6.07, 6.45) is 1.53. The van der Waals surface area contributed by atoms with Crippen LogP contribution in [0.2, 0.25) is 5.15 Å². The van der Waals surface area contributed by atoms with E-state index in [1.807, 2.05) is 0 Å². The topological polar surface area (TPSA) is 101 Å². The van der Waals surface area contributed by atoms with E-state index in [4.69, 9.17) is 16.3 Å². The summed E-state index contributed by atoms with van der Waals surface area (Å²) in [7, 11) is 0. The van der Waals surface area contributed by atoms with Gasteiger partial charge in [-0.05, 0) is 6.07 Å². The standard InChI is InChI=1S/C12H12ClN3O4/c13-8-6-1-2-16(9(6)15-5-14-8)10-12(19)4-11(12,18)7(3-17)20-10/h1-2,5,7,10,17-19H,3-4H2/t7-,10-,11-,12+/m1/s1. The van der Waals surface area contributed by atoms with Crippen LogP contribution in [0.15, 0.2) is 18.6 Å². The lowest BCUT2D eigenvalue weighted by Gasteiger charge is -2.21. The van der Waals surface area contributed by atoms with Gasteiger partial charge in [-0.3, -0.25) is 0 Å². The summed E-state index contributed by atoms with van der Waals surface area (Å²) >= 11 is 5.98. The van der Waals surface area contributed by atoms with Crippen LogP contribution in [-0.2, 0) is 4.74 Å². The maximum Gasteiger partial charge on any atom is 0.167 e. The van der Waals surface area contributed by atoms with E-state index in [1.54, 1.807) is 16.8 Å². The predicted octanol–water partition coefficient (Wildman–Crippen LogP) is -0.160. The van der Waals surface area contributed by atoms with Crippen LogP contribution in [0.25, 0.3) is 11.0 Å². The Kier molecular flexibility index (Phi) is 2.30. The molecule has 1 saturated carbocycles. The number of ether oxygens (including phenoxy) is 1. The maximum absolute atomic E-state index is 10.5. The fourth-order valence-corrected chi connectivity index (χ4v) is 3.25. The molecule has 0 aromatic carbocycles. The van der Waals surface area contributed by atoms with Gasteiger partial charge in [0.2, 0.25) is 0 Å². The molecule has 8 heteroatoms. The normalized spacial score (nSPS) is 39.2. The molecule has 0 bridgehead atoms. The first-order valence-electron chi connectivity index (χ1n) is 6.19. The Hall–Kier alpha value is -1.25. The molecular weight excluding hydrogens is 286 g/mol. The van der Waals surface area contributed by atoms with Gasteiger partial charge in [0.05, 0.1) is 12.0 Å². The van der Waals surface area contributed by atoms with E-state index < -0.39 is 23.5 Å². The Bertz CT molecular complexity index is 707. The summed E-state index contributed by atoms with van der Waals surface area (Å²) in [6, 6.07) is 1.72. The third kappa shape index (κ3) is 1.29. The molecule has 106 valence electrons. The second-order valence-corrected chi connectivity index (χ2v) is 5.67. The van der Waals surface area contributed by atoms with Crippen LogP contribution in [-0.4, -0.2) is 53.8 Å². The number of hydrogen-bond donors (Lipinski definition) is 3. The first-order chi connectivity index (χ1) is 9.51. The highest BCUT2D eigenvalue weighted by Gasteiger charge is 2.80. The van der Waals surface area contributed by atoms with Gasteiger partial charge >= 0.3 is 0 Å². The van der Waals surface area contributed by atoms with Gasteiger partial charge in [0.1, 0.15) is 34.4 Å². The van der Waals surface area contributed by atoms with Crippen LogP contribution in [0.1, 0.15) is 12.6 Å². The largest absolute Gasteiger partial charge is 0.394 e. The number of halogens is 1. The molecule has 1 aliphatic carbocycles. The molecule has 7 nitrogen and oxygen atoms in total. The van der Waals surface area contributed by atoms with Gasteiger partial charge in [-0.1, -0.05) is 11.6 Å². The Morgan fingerprint density at radius 3 is 2.90 bits per heavy atom. The number of rotatable bonds is 2. The fourth-order valence-electron chi connectivity index (χ4n) is 3.06. The van der Waals surface area contributed by atoms with E-state index in [0.717, 1.165) is 0 Å². The molecule has 20 heavy (non-hydrogen) atoms. The van der Waals surface area contributed by atoms with Crippen molar-refractivity contribution in [3.05, 3.63) is 23.7 Å². The van der Waals surface area contributed by atoms with Crippen molar-refractivity contribution in [2.75, 3.05) is 6.61 Å². The molecule has 0 amide bonds. The minimum Gasteiger partial charge on any atom is -0.394 e. The molecule has 3 N–H and O–H groups in total. The van der Waals surface area contributed by atoms with Gasteiger partial charge in [0.25, 0.3) is 0 Å². The fraction of sp³-hybridized carbons (Fsp3) is 0.500. The number of aliphatic hydroxyl groups excluding tert-OH is 1. The van der Waals surface area contributed by atoms with Crippen molar-refractivity contribution >= 4 is 22.6 Å². The number of hydrogen-bond acceptors (Lipinski definition) is 6. The van der Waals surface area contributed by atoms with E-state index >= 15 is 0 Å². The predicted molar refractivity (Wildman–Crippen MR) is 68.1 cm³/mol. The SMILES string of the molecule is OC[C@H]1O[C@@H](n2ccc3c(Cl)ncnc32)[C@@]2(O)C[C@@]12O. The van der Waals surface area contributed by atoms with Crippen LogP contribution >= 0.6 is 11.6 Å². The summed E-state index contributed by atoms with van der Waals surface area (Å²) in [4.78, 5) is 8.02. The smallest absolute Gasteiger partial charge is 0.167 e. The maximum atomic E-state index is 10.5. The van der Waals surface area contributed by atoms with Gasteiger partial charge < -0.3 is 24.6 Å². The lowest BCUT2D eigenvalue weighted by Crippen LogP contribution is -2.33. The van der Waals surface area contributed by atoms with Crippen molar-refractivity contribution in [3.8, 4) is 0 Å². The number of nitrogens with zero attached hydrogens (tertiary/aromatic N) is 3. The van der Waals surface area contributed by atoms with Gasteiger partial charge in [0, 0.05) is 12.6 Å². The van der Waals surface area contributed by atoms with E-state index in [9.17, 15) is 15.3 Å². The lowest BCUT2D eigenvalue weighted by atomic mass is 10.1. The molecule has 0 unspecified atom stereocenters. The van der Waals surface area contributed by atoms with Crippen molar-refractivity contribution in [1.29, 1.82) is 0 Å². The third-order valence-corrected chi connectivity index (χ3v) is 4.58. The summed E-state index contributed by atoms with van der Waals surface area (Å²) in [6.45, 7) is -0.357. The molecule has 3 heterocycles. The highest BCUT2D eigenvalue weighted by molar-refractivity contribution is 6.33. The minimum absolute atomic E-state index is 0.161. The van der Waals surface area contributed by atoms with Crippen molar-refractivity contribution in [1.82, 2.24) is 14.5 Å². The number of fused-ring (bicyclic) bond motifs is 2. The molecule has 1 aliphatic heterocycles. The van der Waals surface area contributed by atoms with E-state index in [1.165, 1.54) is 6.33 Å². The minimum atomic E-state index is -1.41. The van der Waals surface area contributed by atoms with Crippen molar-refractivity contribution in [3.63, 3.8) is 0 Å². The Morgan fingerprint density at radius 1 is 1.40 bits per heavy atom. The average Bonchev–Trinajstić information content (AvgIpc) is 2.74. The third-order valence-electron chi connectivity index (χ3n) is 4.28. The molecular formula is C12H12ClN3O4. The zero-order valence-corrected chi connectivity index (χ0v) is 11.0. The quantitative estimate of drug-likeness (QED) is 0.666. The highest BCUT2D eigenvalue weighted by atomic mass is 35.5. The Labute approximate surface area is 118 Å². The van der Waals surface area contributed by atoms with Gasteiger partial charge in [0.15, 0.2) is 6.23 Å². The van der Waals surface area contributed by atoms with Gasteiger partial charge in [-0.25, -0.2) is 9.97 Å². The van der Waals surface area contributed by atoms with Crippen molar-refractivity contribution in [2.24, 2.45) is 0 Å². The molecule has 4 atom stereocenters. The average molecular weight is 298 g/mol. The van der Waals surface area contributed by atoms with E-state index in [0.29, 0.717) is 16.2 Å². The second kappa shape index (κ2) is 3.69. The molecule has 2 aromatic rings. The lowest BCUT2D eigenvalue weighted by molar-refractivity contribution is -0.0936. The summed E-state index contributed by atoms with van der Waals surface area (Å²) in [5, 5.41) is 31.0. The van der Waals surface area contributed by atoms with Gasteiger partial charge in [-0.2, -0.15) is 0 Å². The zero-order chi connectivity index (χ0) is 14.1. The summed E-state index contributed by atoms with van der Waals surface area (Å²) < 4.78 is 7.19. The molecule has 4 rings (SSSR count). The summed E-state index contributed by atoms with van der Waals surface area (Å²) in [5.74, 6) is 0. The van der Waals surface area contributed by atoms with Crippen LogP contribution in [0.4, 0.5) is 0 Å². The van der Waals surface area contributed by atoms with Gasteiger partial charge in [-0.15, -0.1) is 0 Å². The molecule has 0 spiro atoms. The molecule has 2 aromatic heterocycles. The van der Waals surface area contributed by atoms with Crippen LogP contribution < -0.4 is 0 Å². The molecule has 2 fully saturated rings. The zero-order valence-electron chi connectivity index (χ0n) is 10.3. The molecule has 1 saturated heterocycles. The molecule has 2 aliphatic rings. The van der Waals surface area contributed by atoms with Crippen LogP contribution in [0, 0.1) is 0 Å². The monoisotopic (exact) mass is 297 g/mol. The second-order valence-electron chi connectivity index (χ2n) is 5.31. The number of aliphatic hydroxyl groups is 3. The molecule has 0 radical (unpaired) electrons. The van der Waals surface area contributed by atoms with Crippen LogP contribution in [0.3, 0.4) is 0 Å². The van der Waals surface area contributed by atoms with Crippen molar-refractivity contribution < 1.29 is 20.1 Å². The highest BCUT2D eigenvalue weighted by Crippen LogP contribution is 2.63. The van der Waals surface area contributed by atoms with Crippen molar-refractivity contribution in [2.45, 2.75) is 30.0 Å². The number of aromatic nitrogens is 3. The first kappa shape index (κ1) is 12.5. The summed E-state index contributed by atoms with van der Waals surface area (Å²) in [5.41, 5.74) is -2.31. The van der Waals surface area contributed by atoms with Crippen LogP contribution in [0.5, 0.6) is 0 Å². The van der Waals surface area contributed by atoms with E-state index in [2.05, 4.69) is 9.97 Å². The first-order valence-corrected chi connectivity index (χ1v) is 6.57. The Morgan fingerprint density at radius 2 is 2.20 bits per heavy atom. The Balaban J connectivity index is 1.83.